The van der Waals surface area contributed by atoms with Crippen LogP contribution in [0.2, 0.25) is 0 Å². The Kier molecular flexibility index (Phi) is 8.76. The zero-order valence-electron chi connectivity index (χ0n) is 24.3. The van der Waals surface area contributed by atoms with Gasteiger partial charge in [0.15, 0.2) is 6.04 Å². The molecule has 40 heavy (non-hydrogen) atoms. The first kappa shape index (κ1) is 29.1. The van der Waals surface area contributed by atoms with Gasteiger partial charge in [-0.1, -0.05) is 49.4 Å². The Morgan fingerprint density at radius 1 is 1.05 bits per heavy atom. The number of aromatic nitrogens is 2. The predicted molar refractivity (Wildman–Crippen MR) is 153 cm³/mol. The summed E-state index contributed by atoms with van der Waals surface area (Å²) in [6.45, 7) is 11.9. The summed E-state index contributed by atoms with van der Waals surface area (Å²) in [5.74, 6) is -0.204. The number of carbonyl (C=O) groups is 3. The summed E-state index contributed by atoms with van der Waals surface area (Å²) < 4.78 is 13.2. The Morgan fingerprint density at radius 2 is 1.77 bits per heavy atom. The van der Waals surface area contributed by atoms with Crippen LogP contribution in [-0.2, 0) is 38.4 Å². The van der Waals surface area contributed by atoms with E-state index in [1.54, 1.807) is 11.8 Å². The predicted octanol–water partition coefficient (Wildman–Crippen LogP) is 5.52. The third-order valence-electron chi connectivity index (χ3n) is 6.84. The minimum Gasteiger partial charge on any atom is -0.464 e. The highest BCUT2D eigenvalue weighted by Crippen LogP contribution is 2.34. The lowest BCUT2D eigenvalue weighted by Crippen LogP contribution is -2.44. The third-order valence-corrected chi connectivity index (χ3v) is 6.84. The van der Waals surface area contributed by atoms with Gasteiger partial charge in [0.1, 0.15) is 11.4 Å². The van der Waals surface area contributed by atoms with E-state index in [1.807, 2.05) is 73.9 Å². The molecule has 2 heterocycles. The molecule has 1 amide bonds. The SMILES string of the molecule is CCCc1nc2c(n1Cc1ccc(-c3ccccc3)c(C(=O)OC(C)(C)C)c1)C(C(=O)OCC)N(C(C)=O)CC2. The summed E-state index contributed by atoms with van der Waals surface area (Å²) in [5, 5.41) is 0. The van der Waals surface area contributed by atoms with Crippen LogP contribution in [0.25, 0.3) is 11.1 Å². The molecule has 1 unspecified atom stereocenters. The van der Waals surface area contributed by atoms with Gasteiger partial charge < -0.3 is 18.9 Å². The maximum absolute atomic E-state index is 13.4. The highest BCUT2D eigenvalue weighted by Gasteiger charge is 2.40. The van der Waals surface area contributed by atoms with E-state index in [4.69, 9.17) is 14.5 Å². The molecule has 0 bridgehead atoms. The highest BCUT2D eigenvalue weighted by molar-refractivity contribution is 5.97. The minimum atomic E-state index is -0.867. The van der Waals surface area contributed by atoms with Crippen LogP contribution in [0.15, 0.2) is 48.5 Å². The van der Waals surface area contributed by atoms with Crippen LogP contribution in [-0.4, -0.2) is 51.0 Å². The molecule has 0 N–H and O–H groups in total. The second-order valence-electron chi connectivity index (χ2n) is 11.1. The van der Waals surface area contributed by atoms with Crippen LogP contribution < -0.4 is 0 Å². The van der Waals surface area contributed by atoms with Gasteiger partial charge in [0.2, 0.25) is 5.91 Å². The molecule has 0 fully saturated rings. The van der Waals surface area contributed by atoms with E-state index in [-0.39, 0.29) is 12.5 Å². The number of esters is 2. The summed E-state index contributed by atoms with van der Waals surface area (Å²) >= 11 is 0. The van der Waals surface area contributed by atoms with E-state index in [9.17, 15) is 14.4 Å². The van der Waals surface area contributed by atoms with Crippen molar-refractivity contribution in [3.8, 4) is 11.1 Å². The molecule has 1 aliphatic rings. The monoisotopic (exact) mass is 545 g/mol. The van der Waals surface area contributed by atoms with Crippen molar-refractivity contribution in [1.82, 2.24) is 14.5 Å². The van der Waals surface area contributed by atoms with Crippen molar-refractivity contribution in [3.05, 3.63) is 76.9 Å². The first-order chi connectivity index (χ1) is 19.0. The molecule has 3 aromatic rings. The van der Waals surface area contributed by atoms with Crippen molar-refractivity contribution >= 4 is 17.8 Å². The second kappa shape index (κ2) is 12.1. The van der Waals surface area contributed by atoms with Crippen molar-refractivity contribution < 1.29 is 23.9 Å². The zero-order valence-corrected chi connectivity index (χ0v) is 24.3. The van der Waals surface area contributed by atoms with E-state index in [0.29, 0.717) is 37.2 Å². The maximum Gasteiger partial charge on any atom is 0.339 e. The van der Waals surface area contributed by atoms with Crippen LogP contribution >= 0.6 is 0 Å². The molecule has 8 heteroatoms. The van der Waals surface area contributed by atoms with Crippen LogP contribution in [0.1, 0.15) is 87.1 Å². The van der Waals surface area contributed by atoms with Crippen LogP contribution in [0, 0.1) is 0 Å². The van der Waals surface area contributed by atoms with Crippen molar-refractivity contribution in [2.75, 3.05) is 13.2 Å². The lowest BCUT2D eigenvalue weighted by molar-refractivity contribution is -0.155. The molecule has 1 atom stereocenters. The Balaban J connectivity index is 1.83. The van der Waals surface area contributed by atoms with Crippen molar-refractivity contribution in [2.45, 2.75) is 79.0 Å². The fourth-order valence-electron chi connectivity index (χ4n) is 5.19. The third kappa shape index (κ3) is 6.27. The Labute approximate surface area is 236 Å². The number of imidazole rings is 1. The minimum absolute atomic E-state index is 0.187. The quantitative estimate of drug-likeness (QED) is 0.347. The molecule has 1 aliphatic heterocycles. The number of fused-ring (bicyclic) bond motifs is 1. The fourth-order valence-corrected chi connectivity index (χ4v) is 5.19. The number of ether oxygens (including phenoxy) is 2. The van der Waals surface area contributed by atoms with Gasteiger partial charge in [-0.2, -0.15) is 0 Å². The zero-order chi connectivity index (χ0) is 29.0. The summed E-state index contributed by atoms with van der Waals surface area (Å²) in [6.07, 6.45) is 2.14. The van der Waals surface area contributed by atoms with Crippen molar-refractivity contribution in [2.24, 2.45) is 0 Å². The molecule has 8 nitrogen and oxygen atoms in total. The molecule has 1 aromatic heterocycles. The molecule has 212 valence electrons. The molecule has 0 aliphatic carbocycles. The van der Waals surface area contributed by atoms with E-state index in [1.165, 1.54) is 6.92 Å². The van der Waals surface area contributed by atoms with Crippen LogP contribution in [0.4, 0.5) is 0 Å². The normalized spacial score (nSPS) is 14.9. The summed E-state index contributed by atoms with van der Waals surface area (Å²) in [5.41, 5.74) is 3.88. The lowest BCUT2D eigenvalue weighted by Gasteiger charge is -2.34. The average Bonchev–Trinajstić information content (AvgIpc) is 3.24. The Hall–Kier alpha value is -3.94. The van der Waals surface area contributed by atoms with Gasteiger partial charge in [0.05, 0.1) is 23.6 Å². The second-order valence-corrected chi connectivity index (χ2v) is 11.1. The van der Waals surface area contributed by atoms with E-state index in [0.717, 1.165) is 34.6 Å². The number of aryl methyl sites for hydroxylation is 1. The van der Waals surface area contributed by atoms with E-state index >= 15 is 0 Å². The summed E-state index contributed by atoms with van der Waals surface area (Å²) in [4.78, 5) is 45.7. The highest BCUT2D eigenvalue weighted by atomic mass is 16.6. The van der Waals surface area contributed by atoms with Gasteiger partial charge in [0, 0.05) is 32.9 Å². The van der Waals surface area contributed by atoms with Gasteiger partial charge >= 0.3 is 11.9 Å². The first-order valence-corrected chi connectivity index (χ1v) is 14.0. The molecule has 0 saturated carbocycles. The van der Waals surface area contributed by atoms with Crippen LogP contribution in [0.5, 0.6) is 0 Å². The largest absolute Gasteiger partial charge is 0.464 e. The number of hydrogen-bond donors (Lipinski definition) is 0. The Morgan fingerprint density at radius 3 is 2.40 bits per heavy atom. The number of rotatable bonds is 8. The summed E-state index contributed by atoms with van der Waals surface area (Å²) in [7, 11) is 0. The molecule has 0 radical (unpaired) electrons. The molecule has 0 saturated heterocycles. The smallest absolute Gasteiger partial charge is 0.339 e. The number of benzene rings is 2. The summed E-state index contributed by atoms with van der Waals surface area (Å²) in [6, 6.07) is 14.7. The van der Waals surface area contributed by atoms with Crippen molar-refractivity contribution in [3.63, 3.8) is 0 Å². The van der Waals surface area contributed by atoms with E-state index in [2.05, 4.69) is 6.92 Å². The van der Waals surface area contributed by atoms with Gasteiger partial charge in [-0.3, -0.25) is 4.79 Å². The number of nitrogens with zero attached hydrogens (tertiary/aromatic N) is 3. The van der Waals surface area contributed by atoms with Crippen molar-refractivity contribution in [1.29, 1.82) is 0 Å². The number of carbonyl (C=O) groups excluding carboxylic acids is 3. The van der Waals surface area contributed by atoms with Gasteiger partial charge in [-0.05, 0) is 56.9 Å². The van der Waals surface area contributed by atoms with Gasteiger partial charge in [-0.25, -0.2) is 14.6 Å². The maximum atomic E-state index is 13.4. The molecule has 4 rings (SSSR count). The molecular formula is C32H39N3O5. The van der Waals surface area contributed by atoms with Gasteiger partial charge in [-0.15, -0.1) is 0 Å². The van der Waals surface area contributed by atoms with Crippen LogP contribution in [0.3, 0.4) is 0 Å². The first-order valence-electron chi connectivity index (χ1n) is 14.0. The molecule has 2 aromatic carbocycles. The molecule has 0 spiro atoms. The number of hydrogen-bond acceptors (Lipinski definition) is 6. The van der Waals surface area contributed by atoms with Gasteiger partial charge in [0.25, 0.3) is 0 Å². The molecular weight excluding hydrogens is 506 g/mol. The fraction of sp³-hybridized carbons (Fsp3) is 0.438. The van der Waals surface area contributed by atoms with E-state index < -0.39 is 23.6 Å². The average molecular weight is 546 g/mol. The number of amides is 1. The lowest BCUT2D eigenvalue weighted by atomic mass is 9.97. The topological polar surface area (TPSA) is 90.7 Å². The Bertz CT molecular complexity index is 1390. The standard InChI is InChI=1S/C32H39N3O5/c1-7-12-27-33-26-17-18-34(21(3)36)29(31(38)39-8-2)28(26)35(27)20-22-15-16-24(23-13-10-9-11-14-23)25(19-22)30(37)40-32(4,5)6/h9-11,13-16,19,29H,7-8,12,17-18,20H2,1-6H3.